The third-order valence-corrected chi connectivity index (χ3v) is 5.13. The Hall–Kier alpha value is -1.76. The Morgan fingerprint density at radius 1 is 1.09 bits per heavy atom. The van der Waals surface area contributed by atoms with Crippen LogP contribution in [0.15, 0.2) is 47.4 Å². The first-order valence-corrected chi connectivity index (χ1v) is 8.77. The number of hydrogen-bond acceptors (Lipinski definition) is 3. The van der Waals surface area contributed by atoms with Crippen LogP contribution in [0, 0.1) is 0 Å². The molecule has 0 aromatic heterocycles. The molecular formula is C15H14Cl2N2O3S. The fourth-order valence-corrected chi connectivity index (χ4v) is 3.27. The van der Waals surface area contributed by atoms with E-state index in [1.165, 1.54) is 36.1 Å². The van der Waals surface area contributed by atoms with Crippen molar-refractivity contribution < 1.29 is 13.2 Å². The smallest absolute Gasteiger partial charge is 0.261 e. The van der Waals surface area contributed by atoms with E-state index >= 15 is 0 Å². The van der Waals surface area contributed by atoms with E-state index in [0.717, 1.165) is 0 Å². The van der Waals surface area contributed by atoms with Gasteiger partial charge in [-0.15, -0.1) is 0 Å². The molecule has 0 bridgehead atoms. The van der Waals surface area contributed by atoms with Crippen LogP contribution in [-0.2, 0) is 14.8 Å². The highest BCUT2D eigenvalue weighted by Crippen LogP contribution is 2.28. The van der Waals surface area contributed by atoms with Gasteiger partial charge in [-0.05, 0) is 42.5 Å². The number of sulfonamides is 1. The molecule has 1 amide bonds. The molecule has 0 heterocycles. The minimum atomic E-state index is -3.81. The summed E-state index contributed by atoms with van der Waals surface area (Å²) < 4.78 is 27.2. The van der Waals surface area contributed by atoms with Crippen molar-refractivity contribution in [2.24, 2.45) is 0 Å². The number of halogens is 2. The monoisotopic (exact) mass is 372 g/mol. The molecule has 0 radical (unpaired) electrons. The van der Waals surface area contributed by atoms with Crippen molar-refractivity contribution in [1.29, 1.82) is 0 Å². The van der Waals surface area contributed by atoms with Crippen LogP contribution in [0.2, 0.25) is 10.0 Å². The molecule has 0 saturated carbocycles. The lowest BCUT2D eigenvalue weighted by molar-refractivity contribution is -0.116. The number of nitrogens with one attached hydrogen (secondary N) is 1. The third-order valence-electron chi connectivity index (χ3n) is 3.18. The van der Waals surface area contributed by atoms with Gasteiger partial charge in [0.05, 0.1) is 15.6 Å². The highest BCUT2D eigenvalue weighted by atomic mass is 35.5. The summed E-state index contributed by atoms with van der Waals surface area (Å²) in [7, 11) is -2.20. The Labute approximate surface area is 144 Å². The van der Waals surface area contributed by atoms with Gasteiger partial charge in [-0.25, -0.2) is 8.42 Å². The van der Waals surface area contributed by atoms with Crippen molar-refractivity contribution in [3.63, 3.8) is 0 Å². The summed E-state index contributed by atoms with van der Waals surface area (Å²) in [4.78, 5) is 12.8. The van der Waals surface area contributed by atoms with E-state index in [1.54, 1.807) is 25.2 Å². The summed E-state index contributed by atoms with van der Waals surface area (Å²) in [5.41, 5.74) is 0.793. The van der Waals surface area contributed by atoms with Crippen LogP contribution >= 0.6 is 23.2 Å². The second-order valence-corrected chi connectivity index (χ2v) is 7.33. The molecule has 1 N–H and O–H groups in total. The fraction of sp³-hybridized carbons (Fsp3) is 0.133. The van der Waals surface area contributed by atoms with Crippen molar-refractivity contribution in [2.75, 3.05) is 16.7 Å². The normalized spacial score (nSPS) is 11.1. The number of hydrogen-bond donors (Lipinski definition) is 1. The minimum Gasteiger partial charge on any atom is -0.316 e. The maximum absolute atomic E-state index is 12.4. The van der Waals surface area contributed by atoms with E-state index in [4.69, 9.17) is 23.2 Å². The molecular weight excluding hydrogens is 359 g/mol. The Morgan fingerprint density at radius 3 is 2.26 bits per heavy atom. The molecule has 0 saturated heterocycles. The Kier molecular flexibility index (Phi) is 5.19. The largest absolute Gasteiger partial charge is 0.316 e. The minimum absolute atomic E-state index is 0.0502. The van der Waals surface area contributed by atoms with Gasteiger partial charge >= 0.3 is 0 Å². The molecule has 0 spiro atoms. The second-order valence-electron chi connectivity index (χ2n) is 4.80. The molecule has 2 rings (SSSR count). The standard InChI is InChI=1S/C15H14Cl2N2O3S/c1-10(20)19(2)12-4-6-13(7-5-12)23(21,22)18-15-9-11(16)3-8-14(15)17/h3-9,18H,1-2H3. The lowest BCUT2D eigenvalue weighted by Gasteiger charge is -2.15. The average Bonchev–Trinajstić information content (AvgIpc) is 2.50. The average molecular weight is 373 g/mol. The van der Waals surface area contributed by atoms with Crippen LogP contribution in [-0.4, -0.2) is 21.4 Å². The van der Waals surface area contributed by atoms with Crippen LogP contribution < -0.4 is 9.62 Å². The Bertz CT molecular complexity index is 836. The lowest BCUT2D eigenvalue weighted by Crippen LogP contribution is -2.22. The van der Waals surface area contributed by atoms with E-state index in [9.17, 15) is 13.2 Å². The van der Waals surface area contributed by atoms with E-state index in [0.29, 0.717) is 10.7 Å². The van der Waals surface area contributed by atoms with Gasteiger partial charge < -0.3 is 4.90 Å². The topological polar surface area (TPSA) is 66.5 Å². The van der Waals surface area contributed by atoms with Crippen LogP contribution in [0.5, 0.6) is 0 Å². The molecule has 0 fully saturated rings. The molecule has 23 heavy (non-hydrogen) atoms. The number of amides is 1. The Morgan fingerprint density at radius 2 is 1.70 bits per heavy atom. The molecule has 5 nitrogen and oxygen atoms in total. The zero-order chi connectivity index (χ0) is 17.2. The zero-order valence-electron chi connectivity index (χ0n) is 12.4. The summed E-state index contributed by atoms with van der Waals surface area (Å²) in [6, 6.07) is 10.4. The lowest BCUT2D eigenvalue weighted by atomic mass is 10.3. The maximum Gasteiger partial charge on any atom is 0.261 e. The summed E-state index contributed by atoms with van der Waals surface area (Å²) >= 11 is 11.8. The number of nitrogens with zero attached hydrogens (tertiary/aromatic N) is 1. The van der Waals surface area contributed by atoms with Crippen LogP contribution in [0.25, 0.3) is 0 Å². The predicted molar refractivity (Wildman–Crippen MR) is 92.8 cm³/mol. The van der Waals surface area contributed by atoms with Crippen molar-refractivity contribution in [3.05, 3.63) is 52.5 Å². The summed E-state index contributed by atoms with van der Waals surface area (Å²) in [5.74, 6) is -0.149. The molecule has 2 aromatic rings. The predicted octanol–water partition coefficient (Wildman–Crippen LogP) is 3.78. The maximum atomic E-state index is 12.4. The number of anilines is 2. The highest BCUT2D eigenvalue weighted by Gasteiger charge is 2.17. The van der Waals surface area contributed by atoms with Crippen molar-refractivity contribution in [3.8, 4) is 0 Å². The summed E-state index contributed by atoms with van der Waals surface area (Å²) in [6.07, 6.45) is 0. The third kappa shape index (κ3) is 4.16. The first kappa shape index (κ1) is 17.6. The zero-order valence-corrected chi connectivity index (χ0v) is 14.7. The van der Waals surface area contributed by atoms with Gasteiger partial charge in [-0.3, -0.25) is 9.52 Å². The molecule has 0 aliphatic heterocycles. The second kappa shape index (κ2) is 6.78. The van der Waals surface area contributed by atoms with Gasteiger partial charge in [-0.1, -0.05) is 23.2 Å². The summed E-state index contributed by atoms with van der Waals surface area (Å²) in [6.45, 7) is 1.42. The summed E-state index contributed by atoms with van der Waals surface area (Å²) in [5, 5.41) is 0.608. The number of rotatable bonds is 4. The SMILES string of the molecule is CC(=O)N(C)c1ccc(S(=O)(=O)Nc2cc(Cl)ccc2Cl)cc1. The van der Waals surface area contributed by atoms with Crippen LogP contribution in [0.1, 0.15) is 6.92 Å². The van der Waals surface area contributed by atoms with Gasteiger partial charge in [0, 0.05) is 24.7 Å². The van der Waals surface area contributed by atoms with Crippen molar-refractivity contribution >= 4 is 50.5 Å². The molecule has 8 heteroatoms. The first-order valence-electron chi connectivity index (χ1n) is 6.53. The van der Waals surface area contributed by atoms with Crippen molar-refractivity contribution in [2.45, 2.75) is 11.8 Å². The molecule has 2 aromatic carbocycles. The van der Waals surface area contributed by atoms with Gasteiger partial charge in [0.15, 0.2) is 0 Å². The molecule has 0 aliphatic rings. The molecule has 0 atom stereocenters. The van der Waals surface area contributed by atoms with E-state index < -0.39 is 10.0 Å². The van der Waals surface area contributed by atoms with E-state index in [2.05, 4.69) is 4.72 Å². The quantitative estimate of drug-likeness (QED) is 0.887. The molecule has 122 valence electrons. The van der Waals surface area contributed by atoms with E-state index in [-0.39, 0.29) is 21.5 Å². The van der Waals surface area contributed by atoms with Crippen molar-refractivity contribution in [1.82, 2.24) is 0 Å². The van der Waals surface area contributed by atoms with Crippen LogP contribution in [0.3, 0.4) is 0 Å². The first-order chi connectivity index (χ1) is 10.7. The molecule has 0 aliphatic carbocycles. The number of carbonyl (C=O) groups is 1. The van der Waals surface area contributed by atoms with Crippen LogP contribution in [0.4, 0.5) is 11.4 Å². The highest BCUT2D eigenvalue weighted by molar-refractivity contribution is 7.92. The van der Waals surface area contributed by atoms with Gasteiger partial charge in [0.2, 0.25) is 5.91 Å². The van der Waals surface area contributed by atoms with Gasteiger partial charge in [-0.2, -0.15) is 0 Å². The van der Waals surface area contributed by atoms with Gasteiger partial charge in [0.25, 0.3) is 10.0 Å². The van der Waals surface area contributed by atoms with E-state index in [1.807, 2.05) is 0 Å². The van der Waals surface area contributed by atoms with Gasteiger partial charge in [0.1, 0.15) is 0 Å². The number of carbonyl (C=O) groups excluding carboxylic acids is 1. The fourth-order valence-electron chi connectivity index (χ4n) is 1.81. The Balaban J connectivity index is 2.29. The number of benzene rings is 2. The molecule has 0 unspecified atom stereocenters.